The van der Waals surface area contributed by atoms with Gasteiger partial charge in [-0.15, -0.1) is 0 Å². The number of rotatable bonds is 7. The third-order valence-electron chi connectivity index (χ3n) is 6.86. The number of carbonyl (C=O) groups is 2. The maximum atomic E-state index is 12.5. The molecule has 0 saturated carbocycles. The molecule has 0 unspecified atom stereocenters. The van der Waals surface area contributed by atoms with E-state index in [-0.39, 0.29) is 0 Å². The number of benzene rings is 2. The monoisotopic (exact) mass is 493 g/mol. The van der Waals surface area contributed by atoms with Crippen molar-refractivity contribution in [2.45, 2.75) is 37.8 Å². The highest BCUT2D eigenvalue weighted by Crippen LogP contribution is 2.38. The van der Waals surface area contributed by atoms with E-state index in [4.69, 9.17) is 16.3 Å². The van der Waals surface area contributed by atoms with Gasteiger partial charge in [-0.3, -0.25) is 19.7 Å². The van der Waals surface area contributed by atoms with Gasteiger partial charge in [-0.1, -0.05) is 29.8 Å². The molecular weight excluding hydrogens is 466 g/mol. The first-order valence-electron chi connectivity index (χ1n) is 11.9. The Kier molecular flexibility index (Phi) is 6.74. The Balaban J connectivity index is 1.30. The summed E-state index contributed by atoms with van der Waals surface area (Å²) in [5.74, 6) is 0.183. The molecule has 182 valence electrons. The number of imide groups is 1. The van der Waals surface area contributed by atoms with Gasteiger partial charge in [-0.05, 0) is 56.0 Å². The van der Waals surface area contributed by atoms with Gasteiger partial charge in [0, 0.05) is 42.5 Å². The summed E-state index contributed by atoms with van der Waals surface area (Å²) in [5.41, 5.74) is 2.31. The van der Waals surface area contributed by atoms with Crippen LogP contribution in [-0.4, -0.2) is 51.9 Å². The van der Waals surface area contributed by atoms with E-state index >= 15 is 0 Å². The van der Waals surface area contributed by atoms with E-state index in [1.807, 2.05) is 6.07 Å². The smallest absolute Gasteiger partial charge is 0.326 e. The molecule has 0 aliphatic carbocycles. The first-order chi connectivity index (χ1) is 17.0. The molecule has 2 aliphatic heterocycles. The van der Waals surface area contributed by atoms with Crippen molar-refractivity contribution in [1.29, 1.82) is 0 Å². The number of aryl methyl sites for hydroxylation is 1. The molecule has 3 aromatic rings. The second kappa shape index (κ2) is 10.1. The number of urea groups is 1. The fourth-order valence-electron chi connectivity index (χ4n) is 5.21. The molecule has 2 bridgehead atoms. The van der Waals surface area contributed by atoms with Crippen molar-refractivity contribution in [2.75, 3.05) is 18.5 Å². The SMILES string of the molecule is Cn1ncc(Cl)c1-c1cc(NC(=O)NC(=O)c2ccccc2)ccc1OCCN1C2CCC1CC2. The second-order valence-corrected chi connectivity index (χ2v) is 9.41. The van der Waals surface area contributed by atoms with Crippen LogP contribution in [0.3, 0.4) is 0 Å². The molecule has 8 nitrogen and oxygen atoms in total. The first-order valence-corrected chi connectivity index (χ1v) is 12.3. The van der Waals surface area contributed by atoms with Crippen LogP contribution in [0.4, 0.5) is 10.5 Å². The Labute approximate surface area is 209 Å². The molecule has 3 amide bonds. The number of ether oxygens (including phenoxy) is 1. The van der Waals surface area contributed by atoms with Crippen LogP contribution < -0.4 is 15.4 Å². The minimum atomic E-state index is -0.626. The Morgan fingerprint density at radius 1 is 1.09 bits per heavy atom. The quantitative estimate of drug-likeness (QED) is 0.497. The van der Waals surface area contributed by atoms with Gasteiger partial charge in [0.1, 0.15) is 12.4 Å². The molecule has 5 rings (SSSR count). The normalized spacial score (nSPS) is 19.0. The van der Waals surface area contributed by atoms with Crippen LogP contribution in [0.2, 0.25) is 5.02 Å². The van der Waals surface area contributed by atoms with Crippen molar-refractivity contribution in [2.24, 2.45) is 7.05 Å². The van der Waals surface area contributed by atoms with Crippen molar-refractivity contribution in [3.8, 4) is 17.0 Å². The molecule has 0 spiro atoms. The predicted molar refractivity (Wildman–Crippen MR) is 135 cm³/mol. The number of halogens is 1. The Bertz CT molecular complexity index is 1190. The Morgan fingerprint density at radius 3 is 2.46 bits per heavy atom. The molecule has 2 N–H and O–H groups in total. The van der Waals surface area contributed by atoms with Gasteiger partial charge in [0.15, 0.2) is 0 Å². The van der Waals surface area contributed by atoms with Crippen molar-refractivity contribution < 1.29 is 14.3 Å². The molecule has 35 heavy (non-hydrogen) atoms. The Hall–Kier alpha value is -3.36. The van der Waals surface area contributed by atoms with Crippen LogP contribution >= 0.6 is 11.6 Å². The van der Waals surface area contributed by atoms with Crippen LogP contribution in [0.25, 0.3) is 11.3 Å². The van der Waals surface area contributed by atoms with Crippen LogP contribution in [0.5, 0.6) is 5.75 Å². The van der Waals surface area contributed by atoms with Crippen LogP contribution in [0.15, 0.2) is 54.7 Å². The molecule has 0 radical (unpaired) electrons. The molecule has 2 saturated heterocycles. The summed E-state index contributed by atoms with van der Waals surface area (Å²) in [6.45, 7) is 1.45. The van der Waals surface area contributed by atoms with Crippen LogP contribution in [0.1, 0.15) is 36.0 Å². The molecule has 2 fully saturated rings. The molecule has 9 heteroatoms. The summed E-state index contributed by atoms with van der Waals surface area (Å²) in [6, 6.07) is 14.7. The number of carbonyl (C=O) groups excluding carboxylic acids is 2. The summed E-state index contributed by atoms with van der Waals surface area (Å²) in [5, 5.41) is 9.80. The van der Waals surface area contributed by atoms with E-state index in [1.165, 1.54) is 25.7 Å². The summed E-state index contributed by atoms with van der Waals surface area (Å²) in [6.07, 6.45) is 6.73. The third kappa shape index (κ3) is 5.04. The van der Waals surface area contributed by atoms with Gasteiger partial charge in [0.05, 0.1) is 16.9 Å². The van der Waals surface area contributed by atoms with Gasteiger partial charge in [0.25, 0.3) is 5.91 Å². The van der Waals surface area contributed by atoms with E-state index in [1.54, 1.807) is 60.4 Å². The summed E-state index contributed by atoms with van der Waals surface area (Å²) < 4.78 is 7.89. The van der Waals surface area contributed by atoms with Gasteiger partial charge < -0.3 is 10.1 Å². The van der Waals surface area contributed by atoms with Gasteiger partial charge in [-0.2, -0.15) is 5.10 Å². The number of hydrogen-bond donors (Lipinski definition) is 2. The predicted octanol–water partition coefficient (Wildman–Crippen LogP) is 4.71. The zero-order valence-electron chi connectivity index (χ0n) is 19.5. The van der Waals surface area contributed by atoms with Crippen molar-refractivity contribution in [3.63, 3.8) is 0 Å². The molecule has 2 aliphatic rings. The highest BCUT2D eigenvalue weighted by Gasteiger charge is 2.38. The second-order valence-electron chi connectivity index (χ2n) is 9.00. The molecule has 3 heterocycles. The topological polar surface area (TPSA) is 88.5 Å². The van der Waals surface area contributed by atoms with E-state index in [0.29, 0.717) is 52.0 Å². The number of nitrogens with one attached hydrogen (secondary N) is 2. The highest BCUT2D eigenvalue weighted by molar-refractivity contribution is 6.33. The number of anilines is 1. The van der Waals surface area contributed by atoms with Gasteiger partial charge in [-0.25, -0.2) is 4.79 Å². The summed E-state index contributed by atoms with van der Waals surface area (Å²) in [4.78, 5) is 27.3. The van der Waals surface area contributed by atoms with Gasteiger partial charge >= 0.3 is 6.03 Å². The lowest BCUT2D eigenvalue weighted by Crippen LogP contribution is -2.34. The average molecular weight is 494 g/mol. The summed E-state index contributed by atoms with van der Waals surface area (Å²) in [7, 11) is 1.80. The minimum absolute atomic E-state index is 0.403. The van der Waals surface area contributed by atoms with Crippen LogP contribution in [-0.2, 0) is 7.05 Å². The lowest BCUT2D eigenvalue weighted by molar-refractivity contribution is 0.0967. The zero-order chi connectivity index (χ0) is 24.4. The molecular formula is C26H28ClN5O3. The highest BCUT2D eigenvalue weighted by atomic mass is 35.5. The standard InChI is InChI=1S/C26H28ClN5O3/c1-31-24(22(27)16-28-31)21-15-18(29-26(34)30-25(33)17-5-3-2-4-6-17)7-12-23(21)35-14-13-32-19-8-9-20(32)11-10-19/h2-7,12,15-16,19-20H,8-11,13-14H2,1H3,(H2,29,30,33,34). The van der Waals surface area contributed by atoms with Gasteiger partial charge in [0.2, 0.25) is 0 Å². The van der Waals surface area contributed by atoms with Crippen molar-refractivity contribution in [1.82, 2.24) is 20.0 Å². The number of hydrogen-bond acceptors (Lipinski definition) is 5. The fraction of sp³-hybridized carbons (Fsp3) is 0.346. The first kappa shape index (κ1) is 23.4. The van der Waals surface area contributed by atoms with E-state index < -0.39 is 11.9 Å². The number of aromatic nitrogens is 2. The van der Waals surface area contributed by atoms with Crippen LogP contribution in [0, 0.1) is 0 Å². The van der Waals surface area contributed by atoms with Crippen molar-refractivity contribution in [3.05, 3.63) is 65.3 Å². The lowest BCUT2D eigenvalue weighted by Gasteiger charge is -2.22. The number of fused-ring (bicyclic) bond motifs is 2. The number of amides is 3. The largest absolute Gasteiger partial charge is 0.492 e. The maximum absolute atomic E-state index is 12.5. The minimum Gasteiger partial charge on any atom is -0.492 e. The molecule has 2 aromatic carbocycles. The lowest BCUT2D eigenvalue weighted by atomic mass is 10.0. The Morgan fingerprint density at radius 2 is 1.80 bits per heavy atom. The number of nitrogens with zero attached hydrogens (tertiary/aromatic N) is 3. The van der Waals surface area contributed by atoms with E-state index in [0.717, 1.165) is 6.54 Å². The fourth-order valence-corrected chi connectivity index (χ4v) is 5.47. The molecule has 1 aromatic heterocycles. The van der Waals surface area contributed by atoms with E-state index in [9.17, 15) is 9.59 Å². The third-order valence-corrected chi connectivity index (χ3v) is 7.14. The molecule has 0 atom stereocenters. The summed E-state index contributed by atoms with van der Waals surface area (Å²) >= 11 is 6.44. The average Bonchev–Trinajstić information content (AvgIpc) is 3.54. The van der Waals surface area contributed by atoms with E-state index in [2.05, 4.69) is 20.6 Å². The van der Waals surface area contributed by atoms with Crippen molar-refractivity contribution >= 4 is 29.2 Å². The zero-order valence-corrected chi connectivity index (χ0v) is 20.3. The maximum Gasteiger partial charge on any atom is 0.326 e.